The first-order chi connectivity index (χ1) is 11.8. The maximum Gasteiger partial charge on any atom is 0.196 e. The molecule has 0 N–H and O–H groups in total. The molecule has 1 aromatic carbocycles. The van der Waals surface area contributed by atoms with E-state index in [9.17, 15) is 4.79 Å². The zero-order valence-corrected chi connectivity index (χ0v) is 14.9. The van der Waals surface area contributed by atoms with Gasteiger partial charge in [-0.05, 0) is 33.3 Å². The van der Waals surface area contributed by atoms with Crippen LogP contribution in [0.5, 0.6) is 0 Å². The van der Waals surface area contributed by atoms with E-state index in [1.165, 1.54) is 0 Å². The molecule has 0 spiro atoms. The first-order valence-corrected chi connectivity index (χ1v) is 8.66. The lowest BCUT2D eigenvalue weighted by molar-refractivity contribution is -0.190. The molecule has 1 aliphatic carbocycles. The summed E-state index contributed by atoms with van der Waals surface area (Å²) in [5.41, 5.74) is 1.05. The van der Waals surface area contributed by atoms with Crippen LogP contribution >= 0.6 is 0 Å². The van der Waals surface area contributed by atoms with Gasteiger partial charge >= 0.3 is 0 Å². The van der Waals surface area contributed by atoms with Crippen molar-refractivity contribution in [2.45, 2.75) is 76.4 Å². The van der Waals surface area contributed by atoms with Crippen molar-refractivity contribution in [2.75, 3.05) is 0 Å². The van der Waals surface area contributed by atoms with Crippen LogP contribution in [-0.2, 0) is 35.1 Å². The van der Waals surface area contributed by atoms with Crippen LogP contribution in [0.1, 0.15) is 33.3 Å². The van der Waals surface area contributed by atoms with Gasteiger partial charge in [-0.2, -0.15) is 0 Å². The average Bonchev–Trinajstić information content (AvgIpc) is 3.04. The van der Waals surface area contributed by atoms with Crippen molar-refractivity contribution in [3.63, 3.8) is 0 Å². The van der Waals surface area contributed by atoms with Crippen LogP contribution < -0.4 is 0 Å². The molecular formula is C19H24O6. The highest BCUT2D eigenvalue weighted by Gasteiger charge is 2.63. The van der Waals surface area contributed by atoms with Crippen LogP contribution in [0.25, 0.3) is 0 Å². The zero-order chi connectivity index (χ0) is 17.8. The van der Waals surface area contributed by atoms with Crippen molar-refractivity contribution >= 4 is 5.78 Å². The highest BCUT2D eigenvalue weighted by molar-refractivity contribution is 5.90. The van der Waals surface area contributed by atoms with Gasteiger partial charge in [0, 0.05) is 0 Å². The SMILES string of the molecule is CC1(C)O[C@@H]2C(=O)[C@H]3OC(C)(C)O[C@H]3C(OCc3ccccc3)[C@H]2O1. The topological polar surface area (TPSA) is 63.2 Å². The average molecular weight is 348 g/mol. The standard InChI is InChI=1S/C19H24O6/c1-18(2)22-13-12(20)14-17(25-19(3,4)23-14)15(16(13)24-18)21-10-11-8-6-5-7-9-11/h5-9,13-17H,10H2,1-4H3/t13-,14-,15?,16-,17+/m1/s1. The Morgan fingerprint density at radius 1 is 0.880 bits per heavy atom. The van der Waals surface area contributed by atoms with Crippen LogP contribution in [-0.4, -0.2) is 47.9 Å². The van der Waals surface area contributed by atoms with Gasteiger partial charge in [0.1, 0.15) is 18.3 Å². The molecule has 3 aliphatic rings. The number of carbonyl (C=O) groups excluding carboxylic acids is 1. The first kappa shape index (κ1) is 17.1. The van der Waals surface area contributed by atoms with Crippen LogP contribution in [0.4, 0.5) is 0 Å². The molecule has 1 aromatic rings. The molecule has 2 aliphatic heterocycles. The summed E-state index contributed by atoms with van der Waals surface area (Å²) >= 11 is 0. The molecule has 1 saturated carbocycles. The predicted octanol–water partition coefficient (Wildman–Crippen LogP) is 2.19. The molecule has 6 nitrogen and oxygen atoms in total. The Bertz CT molecular complexity index is 621. The third-order valence-electron chi connectivity index (χ3n) is 4.75. The van der Waals surface area contributed by atoms with Crippen LogP contribution in [0, 0.1) is 0 Å². The molecule has 2 heterocycles. The normalized spacial score (nSPS) is 38.4. The summed E-state index contributed by atoms with van der Waals surface area (Å²) in [7, 11) is 0. The predicted molar refractivity (Wildman–Crippen MR) is 87.7 cm³/mol. The Hall–Kier alpha value is -1.31. The number of Topliss-reactive ketones (excluding diaryl/α,β-unsaturated/α-hetero) is 1. The lowest BCUT2D eigenvalue weighted by Crippen LogP contribution is -2.60. The molecule has 5 atom stereocenters. The number of benzene rings is 1. The number of ketones is 1. The number of ether oxygens (including phenoxy) is 5. The maximum absolute atomic E-state index is 12.8. The van der Waals surface area contributed by atoms with Crippen molar-refractivity contribution in [2.24, 2.45) is 0 Å². The fourth-order valence-electron chi connectivity index (χ4n) is 3.80. The Morgan fingerprint density at radius 3 is 1.92 bits per heavy atom. The van der Waals surface area contributed by atoms with Gasteiger partial charge in [0.05, 0.1) is 6.61 Å². The third kappa shape index (κ3) is 3.13. The molecule has 1 unspecified atom stereocenters. The zero-order valence-electron chi connectivity index (χ0n) is 14.9. The quantitative estimate of drug-likeness (QED) is 0.834. The van der Waals surface area contributed by atoms with E-state index in [1.54, 1.807) is 27.7 Å². The molecule has 4 rings (SSSR count). The van der Waals surface area contributed by atoms with Crippen molar-refractivity contribution in [3.8, 4) is 0 Å². The molecule has 0 bridgehead atoms. The summed E-state index contributed by atoms with van der Waals surface area (Å²) in [6, 6.07) is 9.88. The summed E-state index contributed by atoms with van der Waals surface area (Å²) in [6.45, 7) is 7.60. The van der Waals surface area contributed by atoms with E-state index in [0.717, 1.165) is 5.56 Å². The van der Waals surface area contributed by atoms with Crippen molar-refractivity contribution < 1.29 is 28.5 Å². The summed E-state index contributed by atoms with van der Waals surface area (Å²) in [4.78, 5) is 12.8. The van der Waals surface area contributed by atoms with Crippen LogP contribution in [0.2, 0.25) is 0 Å². The Balaban J connectivity index is 1.60. The lowest BCUT2D eigenvalue weighted by atomic mass is 9.86. The van der Waals surface area contributed by atoms with Gasteiger partial charge in [0.25, 0.3) is 0 Å². The molecule has 25 heavy (non-hydrogen) atoms. The van der Waals surface area contributed by atoms with Gasteiger partial charge in [-0.1, -0.05) is 30.3 Å². The lowest BCUT2D eigenvalue weighted by Gasteiger charge is -2.36. The highest BCUT2D eigenvalue weighted by atomic mass is 16.8. The largest absolute Gasteiger partial charge is 0.368 e. The number of carbonyl (C=O) groups is 1. The van der Waals surface area contributed by atoms with E-state index >= 15 is 0 Å². The Labute approximate surface area is 147 Å². The second kappa shape index (κ2) is 5.86. The van der Waals surface area contributed by atoms with Crippen LogP contribution in [0.15, 0.2) is 30.3 Å². The van der Waals surface area contributed by atoms with E-state index < -0.39 is 42.1 Å². The molecule has 3 fully saturated rings. The van der Waals surface area contributed by atoms with E-state index in [1.807, 2.05) is 30.3 Å². The summed E-state index contributed by atoms with van der Waals surface area (Å²) < 4.78 is 29.8. The van der Waals surface area contributed by atoms with Gasteiger partial charge in [0.15, 0.2) is 29.6 Å². The van der Waals surface area contributed by atoms with Gasteiger partial charge in [-0.25, -0.2) is 0 Å². The van der Waals surface area contributed by atoms with Crippen LogP contribution in [0.3, 0.4) is 0 Å². The third-order valence-corrected chi connectivity index (χ3v) is 4.75. The maximum atomic E-state index is 12.8. The minimum atomic E-state index is -0.840. The molecule has 0 aromatic heterocycles. The highest BCUT2D eigenvalue weighted by Crippen LogP contribution is 2.43. The van der Waals surface area contributed by atoms with E-state index in [4.69, 9.17) is 23.7 Å². The Morgan fingerprint density at radius 2 is 1.40 bits per heavy atom. The minimum absolute atomic E-state index is 0.134. The van der Waals surface area contributed by atoms with Crippen molar-refractivity contribution in [3.05, 3.63) is 35.9 Å². The van der Waals surface area contributed by atoms with E-state index in [0.29, 0.717) is 6.61 Å². The molecule has 0 radical (unpaired) electrons. The van der Waals surface area contributed by atoms with Crippen molar-refractivity contribution in [1.82, 2.24) is 0 Å². The number of fused-ring (bicyclic) bond motifs is 2. The van der Waals surface area contributed by atoms with Crippen molar-refractivity contribution in [1.29, 1.82) is 0 Å². The van der Waals surface area contributed by atoms with Gasteiger partial charge < -0.3 is 23.7 Å². The van der Waals surface area contributed by atoms with E-state index in [-0.39, 0.29) is 5.78 Å². The molecular weight excluding hydrogens is 324 g/mol. The summed E-state index contributed by atoms with van der Waals surface area (Å²) in [5, 5.41) is 0. The summed E-state index contributed by atoms with van der Waals surface area (Å²) in [6.07, 6.45) is -2.87. The minimum Gasteiger partial charge on any atom is -0.368 e. The number of rotatable bonds is 3. The Kier molecular flexibility index (Phi) is 4.01. The first-order valence-electron chi connectivity index (χ1n) is 8.66. The van der Waals surface area contributed by atoms with Gasteiger partial charge in [-0.15, -0.1) is 0 Å². The number of hydrogen-bond donors (Lipinski definition) is 0. The molecule has 136 valence electrons. The fourth-order valence-corrected chi connectivity index (χ4v) is 3.80. The van der Waals surface area contributed by atoms with Gasteiger partial charge in [-0.3, -0.25) is 4.79 Å². The number of hydrogen-bond acceptors (Lipinski definition) is 6. The molecule has 6 heteroatoms. The van der Waals surface area contributed by atoms with Gasteiger partial charge in [0.2, 0.25) is 0 Å². The monoisotopic (exact) mass is 348 g/mol. The second-order valence-electron chi connectivity index (χ2n) is 7.71. The smallest absolute Gasteiger partial charge is 0.196 e. The molecule has 0 amide bonds. The fraction of sp³-hybridized carbons (Fsp3) is 0.632. The summed E-state index contributed by atoms with van der Waals surface area (Å²) in [5.74, 6) is -1.81. The molecule has 2 saturated heterocycles. The second-order valence-corrected chi connectivity index (χ2v) is 7.71. The van der Waals surface area contributed by atoms with E-state index in [2.05, 4.69) is 0 Å².